The predicted octanol–water partition coefficient (Wildman–Crippen LogP) is 2.06. The number of hydrogen-bond donors (Lipinski definition) is 5. The van der Waals surface area contributed by atoms with Crippen molar-refractivity contribution in [2.75, 3.05) is 19.8 Å². The molecular formula is C25H35ClN2O7S. The molecule has 0 radical (unpaired) electrons. The Bertz CT molecular complexity index is 1080. The summed E-state index contributed by atoms with van der Waals surface area (Å²) >= 11 is 6.45. The highest BCUT2D eigenvalue weighted by atomic mass is 35.5. The Labute approximate surface area is 217 Å². The molecule has 36 heavy (non-hydrogen) atoms. The highest BCUT2D eigenvalue weighted by Crippen LogP contribution is 2.37. The molecule has 0 bridgehead atoms. The monoisotopic (exact) mass is 542 g/mol. The number of rotatable bonds is 12. The van der Waals surface area contributed by atoms with Crippen molar-refractivity contribution in [1.82, 2.24) is 4.72 Å². The second-order valence-electron chi connectivity index (χ2n) is 9.14. The summed E-state index contributed by atoms with van der Waals surface area (Å²) in [6.07, 6.45) is -0.458. The van der Waals surface area contributed by atoms with Crippen LogP contribution in [0.2, 0.25) is 5.02 Å². The second-order valence-corrected chi connectivity index (χ2v) is 10.9. The van der Waals surface area contributed by atoms with Gasteiger partial charge < -0.3 is 24.8 Å². The second kappa shape index (κ2) is 13.2. The first-order chi connectivity index (χ1) is 17.1. The van der Waals surface area contributed by atoms with Crippen LogP contribution in [0.5, 0.6) is 5.75 Å². The molecule has 3 rings (SSSR count). The van der Waals surface area contributed by atoms with E-state index in [0.717, 1.165) is 35.3 Å². The molecule has 0 aliphatic carbocycles. The van der Waals surface area contributed by atoms with Gasteiger partial charge in [0.15, 0.2) is 0 Å². The van der Waals surface area contributed by atoms with Crippen LogP contribution in [-0.2, 0) is 21.4 Å². The van der Waals surface area contributed by atoms with E-state index in [9.17, 15) is 23.7 Å². The lowest BCUT2D eigenvalue weighted by Gasteiger charge is -2.41. The van der Waals surface area contributed by atoms with Crippen molar-refractivity contribution in [3.05, 3.63) is 64.2 Å². The maximum atomic E-state index is 10.8. The topological polar surface area (TPSA) is 151 Å². The SMILES string of the molecule is CC1C(O)C(CO)OC(c2ccc(Cl)c(Cc3ccc(OCCCCCNS(N)(=O)=O)cc3)c2)C1O. The summed E-state index contributed by atoms with van der Waals surface area (Å²) in [5, 5.41) is 35.9. The van der Waals surface area contributed by atoms with Gasteiger partial charge >= 0.3 is 0 Å². The first-order valence-corrected chi connectivity index (χ1v) is 13.9. The predicted molar refractivity (Wildman–Crippen MR) is 137 cm³/mol. The van der Waals surface area contributed by atoms with E-state index in [1.807, 2.05) is 30.3 Å². The molecule has 5 unspecified atom stereocenters. The Hall–Kier alpha value is -1.76. The number of hydrogen-bond acceptors (Lipinski definition) is 7. The number of nitrogens with two attached hydrogens (primary N) is 1. The summed E-state index contributed by atoms with van der Waals surface area (Å²) < 4.78 is 35.5. The molecule has 11 heteroatoms. The van der Waals surface area contributed by atoms with Gasteiger partial charge in [0, 0.05) is 17.5 Å². The van der Waals surface area contributed by atoms with Gasteiger partial charge in [0.2, 0.25) is 0 Å². The van der Waals surface area contributed by atoms with Crippen LogP contribution in [0.1, 0.15) is 49.0 Å². The standard InChI is InChI=1S/C25H35ClN2O7S/c1-16-23(30)22(15-29)35-25(24(16)31)18-7-10-21(26)19(14-18)13-17-5-8-20(9-6-17)34-12-4-2-3-11-28-36(27,32)33/h5-10,14,16,22-25,28-31H,2-4,11-13,15H2,1H3,(H2,27,32,33). The summed E-state index contributed by atoms with van der Waals surface area (Å²) in [6, 6.07) is 13.1. The molecule has 5 atom stereocenters. The number of nitrogens with one attached hydrogen (secondary N) is 1. The van der Waals surface area contributed by atoms with Crippen LogP contribution in [0.3, 0.4) is 0 Å². The van der Waals surface area contributed by atoms with E-state index in [1.165, 1.54) is 0 Å². The smallest absolute Gasteiger partial charge is 0.274 e. The van der Waals surface area contributed by atoms with Crippen LogP contribution in [0.4, 0.5) is 0 Å². The van der Waals surface area contributed by atoms with Gasteiger partial charge in [0.25, 0.3) is 10.2 Å². The van der Waals surface area contributed by atoms with Gasteiger partial charge in [0.05, 0.1) is 25.4 Å². The van der Waals surface area contributed by atoms with Crippen molar-refractivity contribution in [3.63, 3.8) is 0 Å². The average Bonchev–Trinajstić information content (AvgIpc) is 2.84. The molecule has 6 N–H and O–H groups in total. The number of ether oxygens (including phenoxy) is 2. The molecule has 1 aliphatic rings. The third-order valence-electron chi connectivity index (χ3n) is 6.38. The molecule has 2 aromatic carbocycles. The molecule has 9 nitrogen and oxygen atoms in total. The normalized spacial score (nSPS) is 24.6. The van der Waals surface area contributed by atoms with Crippen molar-refractivity contribution < 1.29 is 33.2 Å². The van der Waals surface area contributed by atoms with E-state index in [0.29, 0.717) is 31.0 Å². The summed E-state index contributed by atoms with van der Waals surface area (Å²) in [7, 11) is -3.63. The Kier molecular flexibility index (Phi) is 10.5. The number of halogens is 1. The summed E-state index contributed by atoms with van der Waals surface area (Å²) in [5.74, 6) is 0.286. The highest BCUT2D eigenvalue weighted by molar-refractivity contribution is 7.87. The minimum atomic E-state index is -3.63. The summed E-state index contributed by atoms with van der Waals surface area (Å²) in [5.41, 5.74) is 2.63. The van der Waals surface area contributed by atoms with E-state index in [2.05, 4.69) is 4.72 Å². The fourth-order valence-electron chi connectivity index (χ4n) is 4.23. The van der Waals surface area contributed by atoms with Crippen molar-refractivity contribution in [1.29, 1.82) is 0 Å². The van der Waals surface area contributed by atoms with Gasteiger partial charge in [-0.15, -0.1) is 0 Å². The molecule has 1 aliphatic heterocycles. The van der Waals surface area contributed by atoms with Crippen LogP contribution in [0, 0.1) is 5.92 Å². The maximum Gasteiger partial charge on any atom is 0.274 e. The molecule has 2 aromatic rings. The largest absolute Gasteiger partial charge is 0.494 e. The van der Waals surface area contributed by atoms with Crippen molar-refractivity contribution in [2.45, 2.75) is 57.0 Å². The number of aliphatic hydroxyl groups excluding tert-OH is 3. The first kappa shape index (κ1) is 28.8. The molecular weight excluding hydrogens is 508 g/mol. The molecule has 1 heterocycles. The maximum absolute atomic E-state index is 10.8. The van der Waals surface area contributed by atoms with Crippen molar-refractivity contribution >= 4 is 21.8 Å². The lowest BCUT2D eigenvalue weighted by Crippen LogP contribution is -2.50. The summed E-state index contributed by atoms with van der Waals surface area (Å²) in [4.78, 5) is 0. The zero-order valence-corrected chi connectivity index (χ0v) is 21.8. The molecule has 0 aromatic heterocycles. The number of aliphatic hydroxyl groups is 3. The minimum absolute atomic E-state index is 0.312. The van der Waals surface area contributed by atoms with E-state index in [1.54, 1.807) is 19.1 Å². The minimum Gasteiger partial charge on any atom is -0.494 e. The lowest BCUT2D eigenvalue weighted by atomic mass is 9.84. The first-order valence-electron chi connectivity index (χ1n) is 12.0. The molecule has 0 spiro atoms. The third kappa shape index (κ3) is 8.12. The van der Waals surface area contributed by atoms with E-state index in [4.69, 9.17) is 26.2 Å². The molecule has 0 saturated carbocycles. The fraction of sp³-hybridized carbons (Fsp3) is 0.520. The van der Waals surface area contributed by atoms with Crippen molar-refractivity contribution in [3.8, 4) is 5.75 Å². The van der Waals surface area contributed by atoms with Gasteiger partial charge in [-0.2, -0.15) is 8.42 Å². The van der Waals surface area contributed by atoms with E-state index >= 15 is 0 Å². The molecule has 1 saturated heterocycles. The molecule has 1 fully saturated rings. The van der Waals surface area contributed by atoms with Gasteiger partial charge in [-0.3, -0.25) is 0 Å². The zero-order chi connectivity index (χ0) is 26.3. The molecule has 0 amide bonds. The van der Waals surface area contributed by atoms with E-state index < -0.39 is 40.5 Å². The zero-order valence-electron chi connectivity index (χ0n) is 20.2. The Morgan fingerprint density at radius 3 is 2.47 bits per heavy atom. The average molecular weight is 543 g/mol. The number of unbranched alkanes of at least 4 members (excludes halogenated alkanes) is 2. The Balaban J connectivity index is 1.55. The van der Waals surface area contributed by atoms with Gasteiger partial charge in [-0.1, -0.05) is 42.8 Å². The van der Waals surface area contributed by atoms with Crippen LogP contribution >= 0.6 is 11.6 Å². The lowest BCUT2D eigenvalue weighted by molar-refractivity contribution is -0.207. The quantitative estimate of drug-likeness (QED) is 0.257. The third-order valence-corrected chi connectivity index (χ3v) is 7.35. The van der Waals surface area contributed by atoms with E-state index in [-0.39, 0.29) is 6.61 Å². The van der Waals surface area contributed by atoms with Crippen LogP contribution in [0.15, 0.2) is 42.5 Å². The van der Waals surface area contributed by atoms with Crippen LogP contribution < -0.4 is 14.6 Å². The van der Waals surface area contributed by atoms with Gasteiger partial charge in [0.1, 0.15) is 18.0 Å². The van der Waals surface area contributed by atoms with Crippen LogP contribution in [0.25, 0.3) is 0 Å². The van der Waals surface area contributed by atoms with Crippen LogP contribution in [-0.4, -0.2) is 61.8 Å². The number of benzene rings is 2. The van der Waals surface area contributed by atoms with Gasteiger partial charge in [-0.25, -0.2) is 9.86 Å². The molecule has 200 valence electrons. The fourth-order valence-corrected chi connectivity index (χ4v) is 4.84. The Morgan fingerprint density at radius 2 is 1.81 bits per heavy atom. The van der Waals surface area contributed by atoms with Crippen molar-refractivity contribution in [2.24, 2.45) is 11.1 Å². The highest BCUT2D eigenvalue weighted by Gasteiger charge is 2.42. The van der Waals surface area contributed by atoms with Gasteiger partial charge in [-0.05, 0) is 60.6 Å². The Morgan fingerprint density at radius 1 is 1.08 bits per heavy atom. The summed E-state index contributed by atoms with van der Waals surface area (Å²) in [6.45, 7) is 2.24.